The van der Waals surface area contributed by atoms with Gasteiger partial charge in [-0.05, 0) is 23.8 Å². The van der Waals surface area contributed by atoms with Crippen molar-refractivity contribution in [2.75, 3.05) is 6.54 Å². The second kappa shape index (κ2) is 5.11. The van der Waals surface area contributed by atoms with Gasteiger partial charge in [-0.15, -0.1) is 0 Å². The Morgan fingerprint density at radius 3 is 2.53 bits per heavy atom. The molecule has 1 aromatic carbocycles. The van der Waals surface area contributed by atoms with Gasteiger partial charge in [-0.3, -0.25) is 9.69 Å². The zero-order valence-electron chi connectivity index (χ0n) is 9.55. The summed E-state index contributed by atoms with van der Waals surface area (Å²) in [6.07, 6.45) is 1.44. The average molecular weight is 280 g/mol. The number of imide groups is 1. The highest BCUT2D eigenvalue weighted by atomic mass is 35.5. The van der Waals surface area contributed by atoms with Gasteiger partial charge >= 0.3 is 6.03 Å². The molecule has 1 aliphatic rings. The number of carboxylic acid groups (broad SMARTS) is 1. The van der Waals surface area contributed by atoms with Crippen molar-refractivity contribution >= 4 is 35.6 Å². The number of halogens is 1. The van der Waals surface area contributed by atoms with E-state index in [2.05, 4.69) is 5.32 Å². The van der Waals surface area contributed by atoms with Crippen molar-refractivity contribution in [3.63, 3.8) is 0 Å². The Labute approximate surface area is 113 Å². The number of hydrogen-bond acceptors (Lipinski definition) is 4. The molecule has 6 nitrogen and oxygen atoms in total. The van der Waals surface area contributed by atoms with Crippen molar-refractivity contribution in [3.05, 3.63) is 40.5 Å². The van der Waals surface area contributed by atoms with Crippen LogP contribution in [0, 0.1) is 0 Å². The predicted molar refractivity (Wildman–Crippen MR) is 64.7 cm³/mol. The highest BCUT2D eigenvalue weighted by Gasteiger charge is 2.33. The second-order valence-electron chi connectivity index (χ2n) is 3.80. The minimum absolute atomic E-state index is 0.00794. The third-order valence-electron chi connectivity index (χ3n) is 2.43. The number of amides is 3. The fourth-order valence-electron chi connectivity index (χ4n) is 1.57. The number of aliphatic carboxylic acids is 1. The van der Waals surface area contributed by atoms with Crippen LogP contribution in [0.3, 0.4) is 0 Å². The number of nitrogens with one attached hydrogen (secondary N) is 1. The quantitative estimate of drug-likeness (QED) is 0.622. The molecule has 0 unspecified atom stereocenters. The molecule has 0 aliphatic carbocycles. The summed E-state index contributed by atoms with van der Waals surface area (Å²) in [6.45, 7) is -0.775. The fraction of sp³-hybridized carbons (Fsp3) is 0.0833. The molecule has 0 saturated carbocycles. The summed E-state index contributed by atoms with van der Waals surface area (Å²) in [5, 5.41) is 13.3. The first-order valence-electron chi connectivity index (χ1n) is 5.27. The number of nitrogens with zero attached hydrogens (tertiary/aromatic N) is 1. The number of urea groups is 1. The number of hydrogen-bond donors (Lipinski definition) is 1. The first-order valence-corrected chi connectivity index (χ1v) is 5.65. The van der Waals surface area contributed by atoms with Crippen molar-refractivity contribution in [3.8, 4) is 0 Å². The Bertz CT molecular complexity index is 580. The molecule has 2 rings (SSSR count). The standard InChI is InChI=1S/C12H9ClN2O4/c13-8-3-1-7(2-4-8)5-9-11(18)15(6-10(16)17)12(19)14-9/h1-5H,6H2,(H,14,19)(H,16,17)/p-1/b9-5+. The van der Waals surface area contributed by atoms with Crippen LogP contribution >= 0.6 is 11.6 Å². The van der Waals surface area contributed by atoms with Gasteiger partial charge in [0.15, 0.2) is 0 Å². The molecule has 98 valence electrons. The number of carboxylic acids is 1. The van der Waals surface area contributed by atoms with E-state index in [4.69, 9.17) is 11.6 Å². The highest BCUT2D eigenvalue weighted by molar-refractivity contribution is 6.30. The van der Waals surface area contributed by atoms with E-state index in [1.165, 1.54) is 6.08 Å². The van der Waals surface area contributed by atoms with Gasteiger partial charge in [0.1, 0.15) is 5.70 Å². The van der Waals surface area contributed by atoms with Crippen molar-refractivity contribution in [2.45, 2.75) is 0 Å². The average Bonchev–Trinajstić information content (AvgIpc) is 2.60. The number of benzene rings is 1. The number of rotatable bonds is 3. The lowest BCUT2D eigenvalue weighted by Crippen LogP contribution is -2.41. The van der Waals surface area contributed by atoms with E-state index in [1.807, 2.05) is 0 Å². The van der Waals surface area contributed by atoms with Gasteiger partial charge < -0.3 is 15.2 Å². The summed E-state index contributed by atoms with van der Waals surface area (Å²) in [5.74, 6) is -2.21. The molecule has 0 radical (unpaired) electrons. The largest absolute Gasteiger partial charge is 0.548 e. The molecule has 1 heterocycles. The van der Waals surface area contributed by atoms with Gasteiger partial charge in [0.05, 0.1) is 12.5 Å². The Morgan fingerprint density at radius 2 is 1.95 bits per heavy atom. The van der Waals surface area contributed by atoms with Crippen LogP contribution in [0.4, 0.5) is 4.79 Å². The van der Waals surface area contributed by atoms with E-state index >= 15 is 0 Å². The Morgan fingerprint density at radius 1 is 1.32 bits per heavy atom. The number of carbonyl (C=O) groups is 3. The van der Waals surface area contributed by atoms with Crippen molar-refractivity contribution in [1.29, 1.82) is 0 Å². The van der Waals surface area contributed by atoms with Crippen LogP contribution in [0.5, 0.6) is 0 Å². The summed E-state index contributed by atoms with van der Waals surface area (Å²) >= 11 is 5.72. The normalized spacial score (nSPS) is 16.9. The predicted octanol–water partition coefficient (Wildman–Crippen LogP) is -0.0174. The van der Waals surface area contributed by atoms with E-state index in [-0.39, 0.29) is 5.70 Å². The molecule has 0 spiro atoms. The topological polar surface area (TPSA) is 89.5 Å². The van der Waals surface area contributed by atoms with Gasteiger partial charge in [-0.1, -0.05) is 23.7 Å². The van der Waals surface area contributed by atoms with E-state index < -0.39 is 24.5 Å². The van der Waals surface area contributed by atoms with Crippen LogP contribution in [-0.4, -0.2) is 29.4 Å². The fourth-order valence-corrected chi connectivity index (χ4v) is 1.70. The summed E-state index contributed by atoms with van der Waals surface area (Å²) in [7, 11) is 0. The Kier molecular flexibility index (Phi) is 3.52. The lowest BCUT2D eigenvalue weighted by molar-refractivity contribution is -0.305. The second-order valence-corrected chi connectivity index (χ2v) is 4.24. The Balaban J connectivity index is 2.23. The minimum atomic E-state index is -1.50. The number of carbonyl (C=O) groups excluding carboxylic acids is 3. The van der Waals surface area contributed by atoms with Gasteiger partial charge in [0.25, 0.3) is 5.91 Å². The lowest BCUT2D eigenvalue weighted by Gasteiger charge is -2.11. The molecule has 1 N–H and O–H groups in total. The molecule has 0 aromatic heterocycles. The summed E-state index contributed by atoms with van der Waals surface area (Å²) in [6, 6.07) is 5.81. The van der Waals surface area contributed by atoms with Crippen LogP contribution in [-0.2, 0) is 9.59 Å². The molecular formula is C12H8ClN2O4-. The third kappa shape index (κ3) is 2.92. The molecule has 0 bridgehead atoms. The lowest BCUT2D eigenvalue weighted by atomic mass is 10.2. The van der Waals surface area contributed by atoms with Gasteiger partial charge in [-0.25, -0.2) is 4.79 Å². The summed E-state index contributed by atoms with van der Waals surface area (Å²) in [5.41, 5.74) is 0.664. The van der Waals surface area contributed by atoms with Crippen molar-refractivity contribution < 1.29 is 19.5 Å². The maximum atomic E-state index is 11.8. The van der Waals surface area contributed by atoms with Crippen LogP contribution in [0.2, 0.25) is 5.02 Å². The van der Waals surface area contributed by atoms with E-state index in [9.17, 15) is 19.5 Å². The molecule has 1 aromatic rings. The Hall–Kier alpha value is -2.34. The molecule has 0 atom stereocenters. The van der Waals surface area contributed by atoms with Gasteiger partial charge in [0.2, 0.25) is 0 Å². The van der Waals surface area contributed by atoms with E-state index in [0.717, 1.165) is 0 Å². The molecule has 3 amide bonds. The van der Waals surface area contributed by atoms with Crippen LogP contribution < -0.4 is 10.4 Å². The first kappa shape index (κ1) is 13.1. The molecule has 7 heteroatoms. The minimum Gasteiger partial charge on any atom is -0.548 e. The zero-order valence-corrected chi connectivity index (χ0v) is 10.3. The van der Waals surface area contributed by atoms with Gasteiger partial charge in [0, 0.05) is 5.02 Å². The first-order chi connectivity index (χ1) is 8.97. The van der Waals surface area contributed by atoms with Crippen LogP contribution in [0.25, 0.3) is 6.08 Å². The monoisotopic (exact) mass is 279 g/mol. The van der Waals surface area contributed by atoms with Crippen LogP contribution in [0.1, 0.15) is 5.56 Å². The third-order valence-corrected chi connectivity index (χ3v) is 2.68. The maximum Gasteiger partial charge on any atom is 0.329 e. The maximum absolute atomic E-state index is 11.8. The molecule has 1 saturated heterocycles. The zero-order chi connectivity index (χ0) is 14.0. The molecular weight excluding hydrogens is 272 g/mol. The van der Waals surface area contributed by atoms with Crippen LogP contribution in [0.15, 0.2) is 30.0 Å². The van der Waals surface area contributed by atoms with Crippen molar-refractivity contribution in [2.24, 2.45) is 0 Å². The SMILES string of the molecule is O=C([O-])CN1C(=O)N/C(=C/c2ccc(Cl)cc2)C1=O. The molecule has 1 fully saturated rings. The van der Waals surface area contributed by atoms with E-state index in [0.29, 0.717) is 15.5 Å². The summed E-state index contributed by atoms with van der Waals surface area (Å²) in [4.78, 5) is 34.2. The van der Waals surface area contributed by atoms with Gasteiger partial charge in [-0.2, -0.15) is 0 Å². The smallest absolute Gasteiger partial charge is 0.329 e. The highest BCUT2D eigenvalue weighted by Crippen LogP contribution is 2.15. The molecule has 1 aliphatic heterocycles. The summed E-state index contributed by atoms with van der Waals surface area (Å²) < 4.78 is 0. The van der Waals surface area contributed by atoms with Crippen molar-refractivity contribution in [1.82, 2.24) is 10.2 Å². The van der Waals surface area contributed by atoms with E-state index in [1.54, 1.807) is 24.3 Å². The molecule has 19 heavy (non-hydrogen) atoms.